The molecule has 0 bridgehead atoms. The van der Waals surface area contributed by atoms with Gasteiger partial charge in [0.15, 0.2) is 0 Å². The summed E-state index contributed by atoms with van der Waals surface area (Å²) in [6, 6.07) is 9.40. The fourth-order valence-electron chi connectivity index (χ4n) is 3.66. The molecule has 1 heterocycles. The molecule has 0 spiro atoms. The zero-order chi connectivity index (χ0) is 13.9. The summed E-state index contributed by atoms with van der Waals surface area (Å²) in [6.07, 6.45) is 4.40. The fraction of sp³-hybridized carbons (Fsp3) is 0.647. The number of aliphatic hydroxyl groups excluding tert-OH is 1. The van der Waals surface area contributed by atoms with Crippen molar-refractivity contribution in [2.45, 2.75) is 50.9 Å². The summed E-state index contributed by atoms with van der Waals surface area (Å²) in [5, 5.41) is 10.1. The quantitative estimate of drug-likeness (QED) is 0.857. The van der Waals surface area contributed by atoms with E-state index in [0.717, 1.165) is 25.9 Å². The van der Waals surface area contributed by atoms with Gasteiger partial charge in [-0.25, -0.2) is 0 Å². The lowest BCUT2D eigenvalue weighted by Crippen LogP contribution is -2.34. The second-order valence-corrected chi connectivity index (χ2v) is 6.01. The number of rotatable bonds is 3. The lowest BCUT2D eigenvalue weighted by molar-refractivity contribution is -0.00264. The average molecular weight is 275 g/mol. The first-order chi connectivity index (χ1) is 9.78. The molecule has 1 N–H and O–H groups in total. The number of aliphatic hydroxyl groups is 1. The number of fused-ring (bicyclic) bond motifs is 1. The van der Waals surface area contributed by atoms with Crippen molar-refractivity contribution in [2.24, 2.45) is 0 Å². The van der Waals surface area contributed by atoms with Crippen LogP contribution in [0.4, 0.5) is 0 Å². The van der Waals surface area contributed by atoms with E-state index >= 15 is 0 Å². The van der Waals surface area contributed by atoms with E-state index in [1.54, 1.807) is 0 Å². The zero-order valence-corrected chi connectivity index (χ0v) is 12.3. The Morgan fingerprint density at radius 3 is 2.40 bits per heavy atom. The van der Waals surface area contributed by atoms with Gasteiger partial charge < -0.3 is 9.84 Å². The van der Waals surface area contributed by atoms with Gasteiger partial charge in [-0.3, -0.25) is 4.90 Å². The largest absolute Gasteiger partial charge is 0.389 e. The maximum absolute atomic E-state index is 10.1. The van der Waals surface area contributed by atoms with Crippen LogP contribution in [-0.2, 0) is 17.6 Å². The fourth-order valence-corrected chi connectivity index (χ4v) is 3.66. The Labute approximate surface area is 121 Å². The molecule has 1 fully saturated rings. The summed E-state index contributed by atoms with van der Waals surface area (Å²) in [5.74, 6) is 0. The van der Waals surface area contributed by atoms with Crippen molar-refractivity contribution in [3.05, 3.63) is 35.4 Å². The number of ether oxygens (including phenoxy) is 1. The molecule has 1 aliphatic heterocycles. The van der Waals surface area contributed by atoms with Crippen LogP contribution in [0.25, 0.3) is 0 Å². The van der Waals surface area contributed by atoms with Crippen LogP contribution >= 0.6 is 0 Å². The molecule has 0 aromatic heterocycles. The summed E-state index contributed by atoms with van der Waals surface area (Å²) < 4.78 is 5.64. The minimum Gasteiger partial charge on any atom is -0.389 e. The first-order valence-electron chi connectivity index (χ1n) is 7.88. The van der Waals surface area contributed by atoms with E-state index < -0.39 is 0 Å². The number of aryl methyl sites for hydroxylation is 2. The Balaban J connectivity index is 1.63. The summed E-state index contributed by atoms with van der Waals surface area (Å²) >= 11 is 0. The standard InChI is InChI=1S/C17H25NO2/c1-2-20-17-12-18(11-16(17)19)15-9-7-13-5-3-4-6-14(13)8-10-15/h3-6,15-17,19H,2,7-12H2,1H3/t16-,17-/m0/s1. The molecule has 20 heavy (non-hydrogen) atoms. The number of benzene rings is 1. The molecule has 0 radical (unpaired) electrons. The van der Waals surface area contributed by atoms with Crippen LogP contribution in [-0.4, -0.2) is 48.0 Å². The molecule has 1 aliphatic carbocycles. The highest BCUT2D eigenvalue weighted by Crippen LogP contribution is 2.26. The molecule has 0 saturated carbocycles. The maximum Gasteiger partial charge on any atom is 0.0972 e. The van der Waals surface area contributed by atoms with Crippen molar-refractivity contribution < 1.29 is 9.84 Å². The lowest BCUT2D eigenvalue weighted by atomic mass is 10.0. The Hall–Kier alpha value is -0.900. The summed E-state index contributed by atoms with van der Waals surface area (Å²) in [7, 11) is 0. The predicted molar refractivity (Wildman–Crippen MR) is 79.9 cm³/mol. The van der Waals surface area contributed by atoms with Gasteiger partial charge in [0.1, 0.15) is 0 Å². The minimum atomic E-state index is -0.319. The van der Waals surface area contributed by atoms with Gasteiger partial charge in [-0.1, -0.05) is 24.3 Å². The third-order valence-corrected chi connectivity index (χ3v) is 4.77. The molecule has 3 nitrogen and oxygen atoms in total. The summed E-state index contributed by atoms with van der Waals surface area (Å²) in [4.78, 5) is 2.44. The van der Waals surface area contributed by atoms with E-state index in [1.807, 2.05) is 6.92 Å². The maximum atomic E-state index is 10.1. The summed E-state index contributed by atoms with van der Waals surface area (Å²) in [5.41, 5.74) is 3.02. The van der Waals surface area contributed by atoms with Crippen molar-refractivity contribution in [3.8, 4) is 0 Å². The highest BCUT2D eigenvalue weighted by Gasteiger charge is 2.35. The molecular formula is C17H25NO2. The molecule has 2 atom stereocenters. The molecule has 1 saturated heterocycles. The van der Waals surface area contributed by atoms with Crippen LogP contribution in [0.1, 0.15) is 30.9 Å². The first kappa shape index (κ1) is 14.1. The third-order valence-electron chi connectivity index (χ3n) is 4.77. The van der Waals surface area contributed by atoms with Crippen molar-refractivity contribution in [1.82, 2.24) is 4.90 Å². The Morgan fingerprint density at radius 1 is 1.15 bits per heavy atom. The van der Waals surface area contributed by atoms with Gasteiger partial charge in [-0.15, -0.1) is 0 Å². The number of β-amino-alcohol motifs (C(OH)–C–C–N with tert-alkyl or cyclic N) is 1. The second-order valence-electron chi connectivity index (χ2n) is 6.01. The smallest absolute Gasteiger partial charge is 0.0972 e. The van der Waals surface area contributed by atoms with E-state index in [2.05, 4.69) is 29.2 Å². The number of nitrogens with zero attached hydrogens (tertiary/aromatic N) is 1. The van der Waals surface area contributed by atoms with Gasteiger partial charge in [0.05, 0.1) is 12.2 Å². The molecule has 3 heteroatoms. The molecular weight excluding hydrogens is 250 g/mol. The normalized spacial score (nSPS) is 28.3. The van der Waals surface area contributed by atoms with Gasteiger partial charge in [-0.05, 0) is 43.7 Å². The average Bonchev–Trinajstić information content (AvgIpc) is 2.71. The van der Waals surface area contributed by atoms with Crippen LogP contribution in [0.15, 0.2) is 24.3 Å². The Bertz CT molecular complexity index is 421. The van der Waals surface area contributed by atoms with E-state index in [1.165, 1.54) is 24.0 Å². The molecule has 1 aromatic rings. The predicted octanol–water partition coefficient (Wildman–Crippen LogP) is 2.02. The van der Waals surface area contributed by atoms with Crippen LogP contribution in [0.2, 0.25) is 0 Å². The van der Waals surface area contributed by atoms with Gasteiger partial charge in [-0.2, -0.15) is 0 Å². The van der Waals surface area contributed by atoms with E-state index in [4.69, 9.17) is 4.74 Å². The van der Waals surface area contributed by atoms with Gasteiger partial charge in [0, 0.05) is 25.7 Å². The third kappa shape index (κ3) is 2.90. The monoisotopic (exact) mass is 275 g/mol. The number of hydrogen-bond donors (Lipinski definition) is 1. The van der Waals surface area contributed by atoms with Gasteiger partial charge in [0.2, 0.25) is 0 Å². The van der Waals surface area contributed by atoms with Crippen LogP contribution in [0.3, 0.4) is 0 Å². The van der Waals surface area contributed by atoms with Crippen molar-refractivity contribution in [1.29, 1.82) is 0 Å². The molecule has 110 valence electrons. The molecule has 1 aromatic carbocycles. The highest BCUT2D eigenvalue weighted by molar-refractivity contribution is 5.28. The van der Waals surface area contributed by atoms with Crippen LogP contribution in [0, 0.1) is 0 Å². The molecule has 0 amide bonds. The lowest BCUT2D eigenvalue weighted by Gasteiger charge is -2.26. The zero-order valence-electron chi connectivity index (χ0n) is 12.3. The molecule has 0 unspecified atom stereocenters. The number of hydrogen-bond acceptors (Lipinski definition) is 3. The van der Waals surface area contributed by atoms with E-state index in [0.29, 0.717) is 12.6 Å². The Morgan fingerprint density at radius 2 is 1.80 bits per heavy atom. The Kier molecular flexibility index (Phi) is 4.39. The molecule has 3 rings (SSSR count). The molecule has 2 aliphatic rings. The highest BCUT2D eigenvalue weighted by atomic mass is 16.5. The first-order valence-corrected chi connectivity index (χ1v) is 7.88. The number of likely N-dealkylation sites (tertiary alicyclic amines) is 1. The van der Waals surface area contributed by atoms with Gasteiger partial charge >= 0.3 is 0 Å². The SMILES string of the molecule is CCO[C@H]1CN(C2CCc3ccccc3CC2)C[C@@H]1O. The second kappa shape index (κ2) is 6.25. The van der Waals surface area contributed by atoms with Crippen molar-refractivity contribution >= 4 is 0 Å². The van der Waals surface area contributed by atoms with Crippen molar-refractivity contribution in [2.75, 3.05) is 19.7 Å². The van der Waals surface area contributed by atoms with Crippen LogP contribution in [0.5, 0.6) is 0 Å². The van der Waals surface area contributed by atoms with Gasteiger partial charge in [0.25, 0.3) is 0 Å². The topological polar surface area (TPSA) is 32.7 Å². The summed E-state index contributed by atoms with van der Waals surface area (Å²) in [6.45, 7) is 4.34. The van der Waals surface area contributed by atoms with E-state index in [-0.39, 0.29) is 12.2 Å². The van der Waals surface area contributed by atoms with Crippen LogP contribution < -0.4 is 0 Å². The minimum absolute atomic E-state index is 0.00521. The van der Waals surface area contributed by atoms with E-state index in [9.17, 15) is 5.11 Å². The van der Waals surface area contributed by atoms with Crippen molar-refractivity contribution in [3.63, 3.8) is 0 Å².